The summed E-state index contributed by atoms with van der Waals surface area (Å²) in [7, 11) is 4.10. The molecule has 0 aromatic carbocycles. The van der Waals surface area contributed by atoms with Gasteiger partial charge in [-0.05, 0) is 72.0 Å². The van der Waals surface area contributed by atoms with Crippen LogP contribution in [0.1, 0.15) is 213 Å². The van der Waals surface area contributed by atoms with Gasteiger partial charge in [0.15, 0.2) is 0 Å². The van der Waals surface area contributed by atoms with E-state index in [0.29, 0.717) is 19.4 Å². The fourth-order valence-electron chi connectivity index (χ4n) is 6.33. The van der Waals surface area contributed by atoms with Gasteiger partial charge in [0, 0.05) is 13.0 Å². The van der Waals surface area contributed by atoms with E-state index in [1.54, 1.807) is 0 Å². The molecule has 0 radical (unpaired) electrons. The van der Waals surface area contributed by atoms with E-state index >= 15 is 0 Å². The number of hydrogen-bond donors (Lipinski definition) is 2. The summed E-state index contributed by atoms with van der Waals surface area (Å²) in [5.74, 6) is 0.0200. The SMILES string of the molecule is CCCCCCCC/C=C/CCCCCCCC(=O)NC(CCCN(C)C)C(=O)NCCCCCCCCCCCCCCCCC. The zero-order valence-electron chi connectivity index (χ0n) is 32.3. The van der Waals surface area contributed by atoms with Gasteiger partial charge in [-0.25, -0.2) is 0 Å². The van der Waals surface area contributed by atoms with E-state index in [-0.39, 0.29) is 11.8 Å². The van der Waals surface area contributed by atoms with Gasteiger partial charge >= 0.3 is 0 Å². The second-order valence-corrected chi connectivity index (χ2v) is 14.6. The quantitative estimate of drug-likeness (QED) is 0.0514. The highest BCUT2D eigenvalue weighted by Crippen LogP contribution is 2.14. The predicted octanol–water partition coefficient (Wildman–Crippen LogP) is 11.8. The van der Waals surface area contributed by atoms with Crippen molar-refractivity contribution in [1.82, 2.24) is 15.5 Å². The van der Waals surface area contributed by atoms with Crippen LogP contribution in [0.15, 0.2) is 12.2 Å². The van der Waals surface area contributed by atoms with Crippen LogP contribution in [-0.4, -0.2) is 49.9 Å². The van der Waals surface area contributed by atoms with Crippen molar-refractivity contribution < 1.29 is 9.59 Å². The third-order valence-electron chi connectivity index (χ3n) is 9.50. The average Bonchev–Trinajstić information content (AvgIpc) is 3.05. The van der Waals surface area contributed by atoms with Crippen LogP contribution in [0, 0.1) is 0 Å². The lowest BCUT2D eigenvalue weighted by Gasteiger charge is -2.19. The molecule has 5 nitrogen and oxygen atoms in total. The van der Waals surface area contributed by atoms with Crippen molar-refractivity contribution in [2.24, 2.45) is 0 Å². The molecule has 2 N–H and O–H groups in total. The number of hydrogen-bond acceptors (Lipinski definition) is 3. The molecule has 0 heterocycles. The van der Waals surface area contributed by atoms with Crippen molar-refractivity contribution in [2.45, 2.75) is 219 Å². The highest BCUT2D eigenvalue weighted by atomic mass is 16.2. The monoisotopic (exact) mass is 662 g/mol. The van der Waals surface area contributed by atoms with E-state index in [1.165, 1.54) is 161 Å². The number of allylic oxidation sites excluding steroid dienone is 2. The Bertz CT molecular complexity index is 693. The van der Waals surface area contributed by atoms with Crippen LogP contribution in [0.5, 0.6) is 0 Å². The number of rotatable bonds is 37. The third kappa shape index (κ3) is 35.8. The number of carbonyl (C=O) groups is 2. The maximum Gasteiger partial charge on any atom is 0.242 e. The van der Waals surface area contributed by atoms with Gasteiger partial charge in [0.1, 0.15) is 6.04 Å². The van der Waals surface area contributed by atoms with Crippen LogP contribution in [0.25, 0.3) is 0 Å². The van der Waals surface area contributed by atoms with Crippen molar-refractivity contribution in [2.75, 3.05) is 27.2 Å². The average molecular weight is 662 g/mol. The highest BCUT2D eigenvalue weighted by molar-refractivity contribution is 5.87. The topological polar surface area (TPSA) is 61.4 Å². The largest absolute Gasteiger partial charge is 0.354 e. The lowest BCUT2D eigenvalue weighted by atomic mass is 10.0. The van der Waals surface area contributed by atoms with Crippen molar-refractivity contribution in [3.63, 3.8) is 0 Å². The first-order valence-corrected chi connectivity index (χ1v) is 20.9. The van der Waals surface area contributed by atoms with Crippen molar-refractivity contribution in [3.05, 3.63) is 12.2 Å². The molecule has 1 unspecified atom stereocenters. The summed E-state index contributed by atoms with van der Waals surface area (Å²) in [5, 5.41) is 6.19. The smallest absolute Gasteiger partial charge is 0.242 e. The second-order valence-electron chi connectivity index (χ2n) is 14.6. The summed E-state index contributed by atoms with van der Waals surface area (Å²) in [5.41, 5.74) is 0. The molecule has 0 rings (SSSR count). The van der Waals surface area contributed by atoms with E-state index < -0.39 is 6.04 Å². The Balaban J connectivity index is 3.92. The lowest BCUT2D eigenvalue weighted by molar-refractivity contribution is -0.129. The molecule has 0 fully saturated rings. The van der Waals surface area contributed by atoms with Crippen LogP contribution in [-0.2, 0) is 9.59 Å². The van der Waals surface area contributed by atoms with Gasteiger partial charge in [-0.2, -0.15) is 0 Å². The minimum atomic E-state index is -0.415. The van der Waals surface area contributed by atoms with E-state index in [2.05, 4.69) is 55.6 Å². The van der Waals surface area contributed by atoms with E-state index in [1.807, 2.05) is 0 Å². The lowest BCUT2D eigenvalue weighted by Crippen LogP contribution is -2.47. The summed E-state index contributed by atoms with van der Waals surface area (Å²) in [6, 6.07) is -0.415. The van der Waals surface area contributed by atoms with Gasteiger partial charge in [-0.3, -0.25) is 9.59 Å². The minimum Gasteiger partial charge on any atom is -0.354 e. The van der Waals surface area contributed by atoms with Crippen LogP contribution in [0.4, 0.5) is 0 Å². The Hall–Kier alpha value is -1.36. The standard InChI is InChI=1S/C42H83N3O2/c1-5-7-9-11-13-15-17-19-21-23-25-27-29-31-33-37-41(46)44-40(36-35-39-45(3)4)42(47)43-38-34-32-30-28-26-24-22-20-18-16-14-12-10-8-6-2/h19,21,40H,5-18,20,22-39H2,1-4H3,(H,43,47)(H,44,46)/b21-19+. The van der Waals surface area contributed by atoms with Gasteiger partial charge < -0.3 is 15.5 Å². The Kier molecular flexibility index (Phi) is 36.4. The first kappa shape index (κ1) is 45.6. The molecule has 5 heteroatoms. The molecule has 0 aromatic heterocycles. The molecule has 0 aromatic rings. The molecule has 0 saturated carbocycles. The number of unbranched alkanes of at least 4 members (excludes halogenated alkanes) is 25. The molecule has 0 saturated heterocycles. The minimum absolute atomic E-state index is 0.00739. The van der Waals surface area contributed by atoms with Gasteiger partial charge in [-0.1, -0.05) is 167 Å². The molecule has 0 spiro atoms. The van der Waals surface area contributed by atoms with Crippen molar-refractivity contribution in [1.29, 1.82) is 0 Å². The maximum absolute atomic E-state index is 13.0. The van der Waals surface area contributed by atoms with Gasteiger partial charge in [0.25, 0.3) is 0 Å². The van der Waals surface area contributed by atoms with Gasteiger partial charge in [-0.15, -0.1) is 0 Å². The second kappa shape index (κ2) is 37.5. The predicted molar refractivity (Wildman–Crippen MR) is 207 cm³/mol. The molecule has 0 aliphatic heterocycles. The van der Waals surface area contributed by atoms with Crippen LogP contribution in [0.3, 0.4) is 0 Å². The highest BCUT2D eigenvalue weighted by Gasteiger charge is 2.20. The van der Waals surface area contributed by atoms with E-state index in [0.717, 1.165) is 32.2 Å². The van der Waals surface area contributed by atoms with Crippen LogP contribution < -0.4 is 10.6 Å². The maximum atomic E-state index is 13.0. The number of nitrogens with one attached hydrogen (secondary N) is 2. The summed E-state index contributed by atoms with van der Waals surface area (Å²) in [4.78, 5) is 27.8. The van der Waals surface area contributed by atoms with Crippen molar-refractivity contribution in [3.8, 4) is 0 Å². The number of amides is 2. The number of nitrogens with zero attached hydrogens (tertiary/aromatic N) is 1. The van der Waals surface area contributed by atoms with Crippen LogP contribution in [0.2, 0.25) is 0 Å². The molecular weight excluding hydrogens is 578 g/mol. The fraction of sp³-hybridized carbons (Fsp3) is 0.905. The third-order valence-corrected chi connectivity index (χ3v) is 9.50. The molecular formula is C42H83N3O2. The zero-order valence-corrected chi connectivity index (χ0v) is 32.3. The Morgan fingerprint density at radius 1 is 0.532 bits per heavy atom. The number of carbonyl (C=O) groups excluding carboxylic acids is 2. The zero-order chi connectivity index (χ0) is 34.5. The first-order chi connectivity index (χ1) is 23.0. The molecule has 0 aliphatic rings. The fourth-order valence-corrected chi connectivity index (χ4v) is 6.33. The summed E-state index contributed by atoms with van der Waals surface area (Å²) in [6.45, 7) is 6.19. The first-order valence-electron chi connectivity index (χ1n) is 20.9. The normalized spacial score (nSPS) is 12.3. The summed E-state index contributed by atoms with van der Waals surface area (Å²) in [6.07, 6.45) is 43.3. The Morgan fingerprint density at radius 3 is 1.38 bits per heavy atom. The Morgan fingerprint density at radius 2 is 0.936 bits per heavy atom. The summed E-state index contributed by atoms with van der Waals surface area (Å²) < 4.78 is 0. The molecule has 0 bridgehead atoms. The van der Waals surface area contributed by atoms with Gasteiger partial charge in [0.05, 0.1) is 0 Å². The van der Waals surface area contributed by atoms with Crippen molar-refractivity contribution >= 4 is 11.8 Å². The van der Waals surface area contributed by atoms with E-state index in [4.69, 9.17) is 0 Å². The molecule has 2 amide bonds. The van der Waals surface area contributed by atoms with Gasteiger partial charge in [0.2, 0.25) is 11.8 Å². The molecule has 47 heavy (non-hydrogen) atoms. The molecule has 278 valence electrons. The van der Waals surface area contributed by atoms with Crippen LogP contribution >= 0.6 is 0 Å². The Labute approximate surface area is 294 Å². The molecule has 0 aliphatic carbocycles. The molecule has 1 atom stereocenters. The summed E-state index contributed by atoms with van der Waals surface area (Å²) >= 11 is 0. The van der Waals surface area contributed by atoms with E-state index in [9.17, 15) is 9.59 Å².